The summed E-state index contributed by atoms with van der Waals surface area (Å²) in [5.41, 5.74) is 0. The van der Waals surface area contributed by atoms with E-state index in [1.807, 2.05) is 0 Å². The molecular formula is C10H19CuN2O4+. The average molecular weight is 295 g/mol. The van der Waals surface area contributed by atoms with Crippen LogP contribution in [0.5, 0.6) is 0 Å². The number of hydrogen-bond acceptors (Lipinski definition) is 4. The fraction of sp³-hybridized carbons (Fsp3) is 0.800. The van der Waals surface area contributed by atoms with Gasteiger partial charge in [0.05, 0.1) is 0 Å². The van der Waals surface area contributed by atoms with E-state index in [9.17, 15) is 9.59 Å². The summed E-state index contributed by atoms with van der Waals surface area (Å²) >= 11 is 0. The van der Waals surface area contributed by atoms with Gasteiger partial charge >= 0.3 is 29.0 Å². The molecule has 2 rings (SSSR count). The predicted octanol–water partition coefficient (Wildman–Crippen LogP) is -0.624. The van der Waals surface area contributed by atoms with Crippen LogP contribution in [0.15, 0.2) is 0 Å². The molecule has 0 unspecified atom stereocenters. The van der Waals surface area contributed by atoms with Crippen molar-refractivity contribution in [3.05, 3.63) is 0 Å². The Kier molecular flexibility index (Phi) is 8.16. The van der Waals surface area contributed by atoms with Crippen LogP contribution in [-0.4, -0.2) is 47.3 Å². The molecule has 0 aromatic rings. The van der Waals surface area contributed by atoms with Crippen molar-refractivity contribution in [2.45, 2.75) is 37.8 Å². The first-order chi connectivity index (χ1) is 7.61. The van der Waals surface area contributed by atoms with E-state index in [2.05, 4.69) is 10.6 Å². The first-order valence-electron chi connectivity index (χ1n) is 5.53. The molecule has 0 aromatic heterocycles. The number of hydrogen-bond donors (Lipinski definition) is 4. The van der Waals surface area contributed by atoms with E-state index in [-0.39, 0.29) is 29.2 Å². The van der Waals surface area contributed by atoms with E-state index in [1.165, 1.54) is 0 Å². The van der Waals surface area contributed by atoms with Crippen LogP contribution in [0, 0.1) is 0 Å². The van der Waals surface area contributed by atoms with Gasteiger partial charge in [0.15, 0.2) is 0 Å². The minimum absolute atomic E-state index is 0. The molecule has 0 saturated carbocycles. The van der Waals surface area contributed by atoms with Gasteiger partial charge in [-0.2, -0.15) is 0 Å². The topological polar surface area (TPSA) is 98.7 Å². The van der Waals surface area contributed by atoms with Gasteiger partial charge in [0.1, 0.15) is 12.1 Å². The molecule has 0 spiro atoms. The van der Waals surface area contributed by atoms with Gasteiger partial charge in [0.25, 0.3) is 0 Å². The Morgan fingerprint density at radius 3 is 1.35 bits per heavy atom. The Hall–Kier alpha value is -0.621. The summed E-state index contributed by atoms with van der Waals surface area (Å²) in [6.07, 6.45) is 3.57. The van der Waals surface area contributed by atoms with Gasteiger partial charge in [-0.3, -0.25) is 9.59 Å². The second-order valence-electron chi connectivity index (χ2n) is 3.97. The number of nitrogens with one attached hydrogen (secondary N) is 2. The molecule has 2 atom stereocenters. The molecule has 0 radical (unpaired) electrons. The minimum atomic E-state index is -0.720. The second kappa shape index (κ2) is 8.47. The van der Waals surface area contributed by atoms with Crippen molar-refractivity contribution in [1.29, 1.82) is 0 Å². The van der Waals surface area contributed by atoms with Gasteiger partial charge in [0.2, 0.25) is 0 Å². The molecule has 0 bridgehead atoms. The molecule has 6 nitrogen and oxygen atoms in total. The van der Waals surface area contributed by atoms with E-state index >= 15 is 0 Å². The Morgan fingerprint density at radius 2 is 1.24 bits per heavy atom. The first-order valence-corrected chi connectivity index (χ1v) is 5.53. The van der Waals surface area contributed by atoms with Crippen molar-refractivity contribution < 1.29 is 36.9 Å². The van der Waals surface area contributed by atoms with Gasteiger partial charge in [-0.25, -0.2) is 0 Å². The van der Waals surface area contributed by atoms with Crippen LogP contribution in [0.4, 0.5) is 0 Å². The number of carboxylic acids is 2. The fourth-order valence-corrected chi connectivity index (χ4v) is 1.79. The van der Waals surface area contributed by atoms with E-state index < -0.39 is 11.9 Å². The molecule has 0 aromatic carbocycles. The van der Waals surface area contributed by atoms with Crippen molar-refractivity contribution >= 4 is 11.9 Å². The molecule has 0 aliphatic carbocycles. The average Bonchev–Trinajstić information content (AvgIpc) is 2.93. The van der Waals surface area contributed by atoms with Crippen molar-refractivity contribution in [3.8, 4) is 0 Å². The number of carbonyl (C=O) groups is 2. The van der Waals surface area contributed by atoms with Gasteiger partial charge < -0.3 is 20.8 Å². The first kappa shape index (κ1) is 16.4. The maximum absolute atomic E-state index is 10.1. The molecule has 103 valence electrons. The van der Waals surface area contributed by atoms with Crippen molar-refractivity contribution in [1.82, 2.24) is 10.6 Å². The van der Waals surface area contributed by atoms with Crippen LogP contribution in [0.1, 0.15) is 25.7 Å². The summed E-state index contributed by atoms with van der Waals surface area (Å²) in [7, 11) is 0. The van der Waals surface area contributed by atoms with Crippen LogP contribution >= 0.6 is 0 Å². The van der Waals surface area contributed by atoms with Gasteiger partial charge in [-0.15, -0.1) is 0 Å². The Balaban J connectivity index is 0.000000284. The van der Waals surface area contributed by atoms with Gasteiger partial charge in [-0.1, -0.05) is 0 Å². The van der Waals surface area contributed by atoms with E-state index in [1.54, 1.807) is 0 Å². The summed E-state index contributed by atoms with van der Waals surface area (Å²) in [6.45, 7) is 1.72. The van der Waals surface area contributed by atoms with E-state index in [0.717, 1.165) is 38.8 Å². The summed E-state index contributed by atoms with van der Waals surface area (Å²) in [5, 5.41) is 22.4. The van der Waals surface area contributed by atoms with Crippen LogP contribution in [0.3, 0.4) is 0 Å². The summed E-state index contributed by atoms with van der Waals surface area (Å²) in [4.78, 5) is 20.3. The fourth-order valence-electron chi connectivity index (χ4n) is 1.79. The Bertz CT molecular complexity index is 225. The second-order valence-corrected chi connectivity index (χ2v) is 3.97. The van der Waals surface area contributed by atoms with Crippen molar-refractivity contribution in [2.24, 2.45) is 0 Å². The van der Waals surface area contributed by atoms with Crippen molar-refractivity contribution in [2.75, 3.05) is 13.1 Å². The molecule has 2 aliphatic rings. The zero-order chi connectivity index (χ0) is 12.0. The third kappa shape index (κ3) is 6.02. The third-order valence-electron chi connectivity index (χ3n) is 2.72. The van der Waals surface area contributed by atoms with Crippen LogP contribution in [0.25, 0.3) is 0 Å². The third-order valence-corrected chi connectivity index (χ3v) is 2.72. The molecule has 0 amide bonds. The molecule has 7 heteroatoms. The Labute approximate surface area is 111 Å². The Morgan fingerprint density at radius 1 is 0.882 bits per heavy atom. The summed E-state index contributed by atoms with van der Waals surface area (Å²) in [6, 6.07) is -0.537. The SMILES string of the molecule is O=C(O)[C@@H]1CCCN1.O=C(O)[C@@H]1CCCN1.[CuH+]. The van der Waals surface area contributed by atoms with Gasteiger partial charge in [-0.05, 0) is 38.8 Å². The normalized spacial score (nSPS) is 26.6. The summed E-state index contributed by atoms with van der Waals surface area (Å²) < 4.78 is 0. The van der Waals surface area contributed by atoms with Crippen LogP contribution in [0.2, 0.25) is 0 Å². The molecule has 17 heavy (non-hydrogen) atoms. The van der Waals surface area contributed by atoms with Crippen molar-refractivity contribution in [3.63, 3.8) is 0 Å². The monoisotopic (exact) mass is 294 g/mol. The molecular weight excluding hydrogens is 276 g/mol. The number of carboxylic acid groups (broad SMARTS) is 2. The van der Waals surface area contributed by atoms with E-state index in [0.29, 0.717) is 0 Å². The molecule has 2 saturated heterocycles. The maximum atomic E-state index is 10.1. The molecule has 2 aliphatic heterocycles. The van der Waals surface area contributed by atoms with Crippen LogP contribution < -0.4 is 10.6 Å². The van der Waals surface area contributed by atoms with Gasteiger partial charge in [0, 0.05) is 0 Å². The van der Waals surface area contributed by atoms with E-state index in [4.69, 9.17) is 10.2 Å². The quantitative estimate of drug-likeness (QED) is 0.507. The summed E-state index contributed by atoms with van der Waals surface area (Å²) in [5.74, 6) is -1.44. The number of rotatable bonds is 2. The number of aliphatic carboxylic acids is 2. The zero-order valence-corrected chi connectivity index (χ0v) is 10.4. The molecule has 4 N–H and O–H groups in total. The van der Waals surface area contributed by atoms with Crippen LogP contribution in [-0.2, 0) is 26.7 Å². The standard InChI is InChI=1S/2C5H9NO2.Cu.H/c2*7-5(8)4-2-1-3-6-4;;/h2*4,6H,1-3H2,(H,7,8);;/q;;+1;/t2*4-;;/m00../s1. The molecule has 2 fully saturated rings. The predicted molar refractivity (Wildman–Crippen MR) is 58.7 cm³/mol. The molecule has 2 heterocycles. The zero-order valence-electron chi connectivity index (χ0n) is 9.42.